The molecule has 1 atom stereocenters. The molecule has 0 amide bonds. The second kappa shape index (κ2) is 8.95. The quantitative estimate of drug-likeness (QED) is 0.523. The summed E-state index contributed by atoms with van der Waals surface area (Å²) in [5.41, 5.74) is 0.103. The van der Waals surface area contributed by atoms with Crippen LogP contribution in [0.2, 0.25) is 0 Å². The molecule has 0 spiro atoms. The van der Waals surface area contributed by atoms with Crippen LogP contribution in [-0.4, -0.2) is 34.2 Å². The highest BCUT2D eigenvalue weighted by molar-refractivity contribution is 8.04. The van der Waals surface area contributed by atoms with Crippen molar-refractivity contribution in [3.63, 3.8) is 0 Å². The average Bonchev–Trinajstić information content (AvgIpc) is 2.78. The Morgan fingerprint density at radius 1 is 0.800 bits per heavy atom. The molecule has 3 rings (SSSR count). The van der Waals surface area contributed by atoms with Gasteiger partial charge >= 0.3 is 0 Å². The molecule has 9 heteroatoms. The molecule has 0 aliphatic rings. The summed E-state index contributed by atoms with van der Waals surface area (Å²) in [6, 6.07) is 20.1. The first-order valence-electron chi connectivity index (χ1n) is 8.93. The largest absolute Gasteiger partial charge is 0.497 e. The Hall–Kier alpha value is -2.75. The maximum Gasteiger partial charge on any atom is 0.256 e. The van der Waals surface area contributed by atoms with Gasteiger partial charge in [0.1, 0.15) is 11.9 Å². The molecule has 158 valence electrons. The van der Waals surface area contributed by atoms with E-state index in [0.717, 1.165) is 0 Å². The van der Waals surface area contributed by atoms with Crippen LogP contribution in [-0.2, 0) is 20.0 Å². The van der Waals surface area contributed by atoms with E-state index in [-0.39, 0.29) is 19.1 Å². The fourth-order valence-corrected chi connectivity index (χ4v) is 6.49. The van der Waals surface area contributed by atoms with Gasteiger partial charge < -0.3 is 4.74 Å². The molecule has 0 aliphatic carbocycles. The lowest BCUT2D eigenvalue weighted by atomic mass is 10.1. The molecule has 0 N–H and O–H groups in total. The number of halogens is 1. The molecule has 1 unspecified atom stereocenters. The molecule has 0 fully saturated rings. The molecule has 0 aromatic heterocycles. The van der Waals surface area contributed by atoms with Gasteiger partial charge in [-0.15, -0.1) is 0 Å². The fraction of sp³-hybridized carbons (Fsp3) is 0.143. The molecule has 30 heavy (non-hydrogen) atoms. The second-order valence-electron chi connectivity index (χ2n) is 6.34. The van der Waals surface area contributed by atoms with Crippen LogP contribution in [0.4, 0.5) is 4.39 Å². The first kappa shape index (κ1) is 21.9. The topological polar surface area (TPSA) is 80.8 Å². The van der Waals surface area contributed by atoms with Crippen LogP contribution in [0.1, 0.15) is 11.7 Å². The van der Waals surface area contributed by atoms with Crippen molar-refractivity contribution >= 4 is 20.0 Å². The number of hydrogen-bond donors (Lipinski definition) is 0. The summed E-state index contributed by atoms with van der Waals surface area (Å²) >= 11 is 0. The van der Waals surface area contributed by atoms with Gasteiger partial charge in [-0.05, 0) is 42.0 Å². The van der Waals surface area contributed by atoms with Gasteiger partial charge in [-0.2, -0.15) is 0 Å². The van der Waals surface area contributed by atoms with Crippen LogP contribution in [0, 0.1) is 0 Å². The molecule has 0 bridgehead atoms. The Balaban J connectivity index is 2.08. The molecule has 0 saturated heterocycles. The maximum absolute atomic E-state index is 15.2. The van der Waals surface area contributed by atoms with E-state index in [4.69, 9.17) is 4.74 Å². The van der Waals surface area contributed by atoms with Gasteiger partial charge in [-0.1, -0.05) is 52.2 Å². The Labute approximate surface area is 175 Å². The van der Waals surface area contributed by atoms with Crippen LogP contribution >= 0.6 is 0 Å². The number of hydrogen-bond acceptors (Lipinski definition) is 5. The SMILES string of the molecule is COc1cccc(C(F)CN(S(=O)(=O)c2ccccc2)S(=O)(=O)c2ccccc2)c1. The minimum absolute atomic E-state index is 0.103. The van der Waals surface area contributed by atoms with Crippen LogP contribution in [0.5, 0.6) is 5.75 Å². The Bertz CT molecular complexity index is 1130. The third-order valence-corrected chi connectivity index (χ3v) is 8.67. The van der Waals surface area contributed by atoms with Gasteiger partial charge in [0, 0.05) is 0 Å². The molecular weight excluding hydrogens is 429 g/mol. The lowest BCUT2D eigenvalue weighted by Gasteiger charge is -2.24. The van der Waals surface area contributed by atoms with Crippen molar-refractivity contribution in [1.82, 2.24) is 3.71 Å². The molecule has 0 aliphatic heterocycles. The number of methoxy groups -OCH3 is 1. The van der Waals surface area contributed by atoms with Crippen molar-refractivity contribution < 1.29 is 26.0 Å². The molecule has 0 heterocycles. The van der Waals surface area contributed by atoms with Gasteiger partial charge in [0.2, 0.25) is 0 Å². The first-order valence-corrected chi connectivity index (χ1v) is 11.8. The summed E-state index contributed by atoms with van der Waals surface area (Å²) in [6.45, 7) is -0.915. The molecule has 0 saturated carbocycles. The smallest absolute Gasteiger partial charge is 0.256 e. The van der Waals surface area contributed by atoms with Gasteiger partial charge in [-0.25, -0.2) is 21.2 Å². The van der Waals surface area contributed by atoms with Crippen molar-refractivity contribution in [2.45, 2.75) is 16.0 Å². The summed E-state index contributed by atoms with van der Waals surface area (Å²) in [5.74, 6) is 0.374. The molecule has 6 nitrogen and oxygen atoms in total. The van der Waals surface area contributed by atoms with E-state index in [9.17, 15) is 16.8 Å². The van der Waals surface area contributed by atoms with E-state index in [1.807, 2.05) is 0 Å². The number of rotatable bonds is 8. The predicted octanol–water partition coefficient (Wildman–Crippen LogP) is 3.79. The lowest BCUT2D eigenvalue weighted by Crippen LogP contribution is -2.39. The standard InChI is InChI=1S/C21H20FNO5S2/c1-28-18-10-8-9-17(15-18)21(22)16-23(29(24,25)19-11-4-2-5-12-19)30(26,27)20-13-6-3-7-14-20/h2-15,21H,16H2,1H3. The van der Waals surface area contributed by atoms with Crippen molar-refractivity contribution in [2.75, 3.05) is 13.7 Å². The van der Waals surface area contributed by atoms with Crippen molar-refractivity contribution in [1.29, 1.82) is 0 Å². The zero-order valence-electron chi connectivity index (χ0n) is 16.1. The van der Waals surface area contributed by atoms with Crippen LogP contribution < -0.4 is 4.74 Å². The molecule has 3 aromatic rings. The maximum atomic E-state index is 15.2. The average molecular weight is 450 g/mol. The Morgan fingerprint density at radius 2 is 1.30 bits per heavy atom. The second-order valence-corrected chi connectivity index (χ2v) is 10.3. The first-order chi connectivity index (χ1) is 14.3. The summed E-state index contributed by atoms with van der Waals surface area (Å²) < 4.78 is 73.2. The third kappa shape index (κ3) is 4.53. The number of benzene rings is 3. The van der Waals surface area contributed by atoms with Crippen molar-refractivity contribution in [2.24, 2.45) is 0 Å². The van der Waals surface area contributed by atoms with Crippen LogP contribution in [0.25, 0.3) is 0 Å². The highest BCUT2D eigenvalue weighted by atomic mass is 32.3. The molecule has 3 aromatic carbocycles. The number of nitrogens with zero attached hydrogens (tertiary/aromatic N) is 1. The lowest BCUT2D eigenvalue weighted by molar-refractivity contribution is 0.306. The highest BCUT2D eigenvalue weighted by Crippen LogP contribution is 2.30. The summed E-state index contributed by atoms with van der Waals surface area (Å²) in [6.07, 6.45) is -1.91. The minimum Gasteiger partial charge on any atom is -0.497 e. The van der Waals surface area contributed by atoms with E-state index < -0.39 is 32.8 Å². The van der Waals surface area contributed by atoms with Gasteiger partial charge in [0.05, 0.1) is 23.4 Å². The Morgan fingerprint density at radius 3 is 1.77 bits per heavy atom. The Kier molecular flexibility index (Phi) is 6.55. The number of alkyl halides is 1. The summed E-state index contributed by atoms with van der Waals surface area (Å²) in [5, 5.41) is 0. The van der Waals surface area contributed by atoms with Crippen molar-refractivity contribution in [3.8, 4) is 5.75 Å². The van der Waals surface area contributed by atoms with E-state index >= 15 is 4.39 Å². The summed E-state index contributed by atoms with van der Waals surface area (Å²) in [4.78, 5) is -0.496. The van der Waals surface area contributed by atoms with E-state index in [1.165, 1.54) is 67.8 Å². The number of ether oxygens (including phenoxy) is 1. The zero-order valence-corrected chi connectivity index (χ0v) is 17.7. The van der Waals surface area contributed by atoms with Crippen molar-refractivity contribution in [3.05, 3.63) is 90.5 Å². The molecular formula is C21H20FNO5S2. The minimum atomic E-state index is -4.55. The monoisotopic (exact) mass is 449 g/mol. The van der Waals surface area contributed by atoms with Gasteiger partial charge in [0.15, 0.2) is 0 Å². The van der Waals surface area contributed by atoms with E-state index in [1.54, 1.807) is 24.3 Å². The van der Waals surface area contributed by atoms with E-state index in [2.05, 4.69) is 0 Å². The third-order valence-electron chi connectivity index (χ3n) is 4.38. The summed E-state index contributed by atoms with van der Waals surface area (Å²) in [7, 11) is -7.69. The van der Waals surface area contributed by atoms with Crippen LogP contribution in [0.15, 0.2) is 94.7 Å². The zero-order chi connectivity index (χ0) is 21.8. The highest BCUT2D eigenvalue weighted by Gasteiger charge is 2.38. The predicted molar refractivity (Wildman–Crippen MR) is 111 cm³/mol. The van der Waals surface area contributed by atoms with Gasteiger partial charge in [-0.3, -0.25) is 0 Å². The number of sulfonamides is 2. The normalized spacial score (nSPS) is 13.2. The van der Waals surface area contributed by atoms with Crippen LogP contribution in [0.3, 0.4) is 0 Å². The van der Waals surface area contributed by atoms with Gasteiger partial charge in [0.25, 0.3) is 20.0 Å². The fourth-order valence-electron chi connectivity index (χ4n) is 2.82. The van der Waals surface area contributed by atoms with E-state index in [0.29, 0.717) is 5.75 Å². The molecule has 0 radical (unpaired) electrons.